The van der Waals surface area contributed by atoms with Gasteiger partial charge in [0.1, 0.15) is 5.60 Å². The van der Waals surface area contributed by atoms with E-state index in [0.29, 0.717) is 6.04 Å². The van der Waals surface area contributed by atoms with Gasteiger partial charge in [-0.2, -0.15) is 0 Å². The van der Waals surface area contributed by atoms with Crippen molar-refractivity contribution in [2.45, 2.75) is 64.6 Å². The number of likely N-dealkylation sites (tertiary alicyclic amines) is 1. The zero-order valence-electron chi connectivity index (χ0n) is 14.1. The van der Waals surface area contributed by atoms with E-state index in [2.05, 4.69) is 29.8 Å². The zero-order valence-corrected chi connectivity index (χ0v) is 14.9. The van der Waals surface area contributed by atoms with E-state index in [9.17, 15) is 4.79 Å². The highest BCUT2D eigenvalue weighted by Crippen LogP contribution is 2.22. The third kappa shape index (κ3) is 4.99. The minimum absolute atomic E-state index is 0.178. The number of piperidine rings is 1. The Labute approximate surface area is 137 Å². The molecule has 0 aromatic carbocycles. The molecule has 1 saturated heterocycles. The SMILES string of the molecule is C[C@@H](NC[C@@H]1CCCCN1C(=O)OC(C)(C)C)c1cccs1. The van der Waals surface area contributed by atoms with Crippen LogP contribution in [0.3, 0.4) is 0 Å². The number of hydrogen-bond donors (Lipinski definition) is 1. The van der Waals surface area contributed by atoms with Gasteiger partial charge in [0, 0.05) is 30.1 Å². The first kappa shape index (κ1) is 17.3. The molecule has 1 fully saturated rings. The van der Waals surface area contributed by atoms with Gasteiger partial charge in [0.25, 0.3) is 0 Å². The molecule has 2 heterocycles. The normalized spacial score (nSPS) is 20.7. The molecular formula is C17H28N2O2S. The van der Waals surface area contributed by atoms with Crippen LogP contribution in [0.5, 0.6) is 0 Å². The molecule has 1 aromatic heterocycles. The molecule has 4 nitrogen and oxygen atoms in total. The summed E-state index contributed by atoms with van der Waals surface area (Å²) in [6, 6.07) is 4.77. The van der Waals surface area contributed by atoms with Crippen LogP contribution in [0.2, 0.25) is 0 Å². The van der Waals surface area contributed by atoms with Crippen molar-refractivity contribution in [1.29, 1.82) is 0 Å². The van der Waals surface area contributed by atoms with E-state index in [1.54, 1.807) is 11.3 Å². The van der Waals surface area contributed by atoms with Gasteiger partial charge in [-0.3, -0.25) is 0 Å². The Kier molecular flexibility index (Phi) is 5.87. The Morgan fingerprint density at radius 1 is 1.50 bits per heavy atom. The first-order valence-corrected chi connectivity index (χ1v) is 9.01. The molecule has 124 valence electrons. The van der Waals surface area contributed by atoms with E-state index in [-0.39, 0.29) is 12.1 Å². The van der Waals surface area contributed by atoms with Crippen LogP contribution < -0.4 is 5.32 Å². The van der Waals surface area contributed by atoms with E-state index >= 15 is 0 Å². The quantitative estimate of drug-likeness (QED) is 0.903. The summed E-state index contributed by atoms with van der Waals surface area (Å²) >= 11 is 1.76. The molecule has 0 bridgehead atoms. The summed E-state index contributed by atoms with van der Waals surface area (Å²) in [5.41, 5.74) is -0.434. The molecule has 5 heteroatoms. The molecule has 0 spiro atoms. The van der Waals surface area contributed by atoms with E-state index in [4.69, 9.17) is 4.74 Å². The molecule has 0 aliphatic carbocycles. The number of carbonyl (C=O) groups excluding carboxylic acids is 1. The van der Waals surface area contributed by atoms with Gasteiger partial charge in [0.2, 0.25) is 0 Å². The van der Waals surface area contributed by atoms with Crippen LogP contribution >= 0.6 is 11.3 Å². The van der Waals surface area contributed by atoms with Crippen LogP contribution in [0, 0.1) is 0 Å². The lowest BCUT2D eigenvalue weighted by Crippen LogP contribution is -2.50. The average molecular weight is 324 g/mol. The van der Waals surface area contributed by atoms with Crippen LogP contribution in [0.25, 0.3) is 0 Å². The van der Waals surface area contributed by atoms with E-state index in [1.165, 1.54) is 11.3 Å². The van der Waals surface area contributed by atoms with Crippen molar-refractivity contribution in [3.8, 4) is 0 Å². The number of rotatable bonds is 4. The maximum absolute atomic E-state index is 12.4. The Balaban J connectivity index is 1.90. The molecule has 0 saturated carbocycles. The predicted molar refractivity (Wildman–Crippen MR) is 91.3 cm³/mol. The fraction of sp³-hybridized carbons (Fsp3) is 0.706. The van der Waals surface area contributed by atoms with E-state index < -0.39 is 5.60 Å². The Morgan fingerprint density at radius 3 is 2.91 bits per heavy atom. The van der Waals surface area contributed by atoms with Gasteiger partial charge in [-0.05, 0) is 58.4 Å². The highest BCUT2D eigenvalue weighted by molar-refractivity contribution is 7.10. The number of hydrogen-bond acceptors (Lipinski definition) is 4. The van der Waals surface area contributed by atoms with Gasteiger partial charge in [0.05, 0.1) is 0 Å². The standard InChI is InChI=1S/C17H28N2O2S/c1-13(15-9-7-11-22-15)18-12-14-8-5-6-10-19(14)16(20)21-17(2,3)4/h7,9,11,13-14,18H,5-6,8,10,12H2,1-4H3/t13-,14+/m1/s1. The van der Waals surface area contributed by atoms with Crippen molar-refractivity contribution in [1.82, 2.24) is 10.2 Å². The van der Waals surface area contributed by atoms with Gasteiger partial charge in [-0.25, -0.2) is 4.79 Å². The number of ether oxygens (including phenoxy) is 1. The maximum atomic E-state index is 12.4. The summed E-state index contributed by atoms with van der Waals surface area (Å²) in [5.74, 6) is 0. The monoisotopic (exact) mass is 324 g/mol. The molecule has 22 heavy (non-hydrogen) atoms. The van der Waals surface area contributed by atoms with Crippen LogP contribution in [-0.2, 0) is 4.74 Å². The fourth-order valence-corrected chi connectivity index (χ4v) is 3.48. The first-order valence-electron chi connectivity index (χ1n) is 8.13. The van der Waals surface area contributed by atoms with E-state index in [1.807, 2.05) is 25.7 Å². The molecule has 1 amide bonds. The molecule has 1 aliphatic heterocycles. The summed E-state index contributed by atoms with van der Waals surface area (Å²) in [5, 5.41) is 5.66. The molecule has 0 unspecified atom stereocenters. The van der Waals surface area contributed by atoms with Crippen molar-refractivity contribution in [2.24, 2.45) is 0 Å². The number of nitrogens with one attached hydrogen (secondary N) is 1. The molecule has 0 radical (unpaired) electrons. The maximum Gasteiger partial charge on any atom is 0.410 e. The van der Waals surface area contributed by atoms with Crippen molar-refractivity contribution in [3.05, 3.63) is 22.4 Å². The number of thiophene rings is 1. The minimum Gasteiger partial charge on any atom is -0.444 e. The average Bonchev–Trinajstić information content (AvgIpc) is 2.97. The Hall–Kier alpha value is -1.07. The summed E-state index contributed by atoms with van der Waals surface area (Å²) in [4.78, 5) is 15.6. The number of amides is 1. The molecule has 2 atom stereocenters. The lowest BCUT2D eigenvalue weighted by molar-refractivity contribution is 0.00971. The lowest BCUT2D eigenvalue weighted by Gasteiger charge is -2.37. The van der Waals surface area contributed by atoms with Gasteiger partial charge in [0.15, 0.2) is 0 Å². The molecule has 1 aromatic rings. The van der Waals surface area contributed by atoms with Gasteiger partial charge >= 0.3 is 6.09 Å². The third-order valence-electron chi connectivity index (χ3n) is 3.88. The van der Waals surface area contributed by atoms with Crippen molar-refractivity contribution in [2.75, 3.05) is 13.1 Å². The summed E-state index contributed by atoms with van der Waals surface area (Å²) in [6.07, 6.45) is 3.11. The fourth-order valence-electron chi connectivity index (χ4n) is 2.72. The summed E-state index contributed by atoms with van der Waals surface area (Å²) in [7, 11) is 0. The topological polar surface area (TPSA) is 41.6 Å². The van der Waals surface area contributed by atoms with Crippen LogP contribution in [0.4, 0.5) is 4.79 Å². The van der Waals surface area contributed by atoms with Crippen molar-refractivity contribution >= 4 is 17.4 Å². The molecule has 1 N–H and O–H groups in total. The Morgan fingerprint density at radius 2 is 2.27 bits per heavy atom. The largest absolute Gasteiger partial charge is 0.444 e. The highest BCUT2D eigenvalue weighted by atomic mass is 32.1. The van der Waals surface area contributed by atoms with E-state index in [0.717, 1.165) is 25.9 Å². The van der Waals surface area contributed by atoms with Gasteiger partial charge < -0.3 is 15.0 Å². The van der Waals surface area contributed by atoms with Gasteiger partial charge in [-0.15, -0.1) is 11.3 Å². The third-order valence-corrected chi connectivity index (χ3v) is 4.94. The number of carbonyl (C=O) groups is 1. The molecular weight excluding hydrogens is 296 g/mol. The number of nitrogens with zero attached hydrogens (tertiary/aromatic N) is 1. The first-order chi connectivity index (χ1) is 10.4. The lowest BCUT2D eigenvalue weighted by atomic mass is 10.0. The predicted octanol–water partition coefficient (Wildman–Crippen LogP) is 4.19. The highest BCUT2D eigenvalue weighted by Gasteiger charge is 2.30. The second-order valence-electron chi connectivity index (χ2n) is 6.97. The van der Waals surface area contributed by atoms with Crippen molar-refractivity contribution in [3.63, 3.8) is 0 Å². The molecule has 1 aliphatic rings. The smallest absolute Gasteiger partial charge is 0.410 e. The zero-order chi connectivity index (χ0) is 16.2. The summed E-state index contributed by atoms with van der Waals surface area (Å²) < 4.78 is 5.55. The minimum atomic E-state index is -0.434. The van der Waals surface area contributed by atoms with Crippen LogP contribution in [0.15, 0.2) is 17.5 Å². The Bertz CT molecular complexity index is 468. The molecule has 2 rings (SSSR count). The summed E-state index contributed by atoms with van der Waals surface area (Å²) in [6.45, 7) is 9.54. The van der Waals surface area contributed by atoms with Gasteiger partial charge in [-0.1, -0.05) is 6.07 Å². The van der Waals surface area contributed by atoms with Crippen LogP contribution in [-0.4, -0.2) is 35.7 Å². The van der Waals surface area contributed by atoms with Crippen LogP contribution in [0.1, 0.15) is 57.9 Å². The second-order valence-corrected chi connectivity index (χ2v) is 7.95. The van der Waals surface area contributed by atoms with Crippen molar-refractivity contribution < 1.29 is 9.53 Å². The second kappa shape index (κ2) is 7.47.